The fourth-order valence-corrected chi connectivity index (χ4v) is 1.49. The van der Waals surface area contributed by atoms with Crippen molar-refractivity contribution in [3.8, 4) is 0 Å². The number of rotatable bonds is 5. The standard InChI is InChI=1S/C10H15IN2/c1-12-8-10-4-2-9(3-5-10)6-7-13-11/h2-5,12-13H,6-8H2,1H3. The lowest BCUT2D eigenvalue weighted by molar-refractivity contribution is 0.816. The van der Waals surface area contributed by atoms with Gasteiger partial charge in [0, 0.05) is 36.0 Å². The molecular weight excluding hydrogens is 275 g/mol. The first-order chi connectivity index (χ1) is 6.36. The average Bonchev–Trinajstić information content (AvgIpc) is 2.17. The minimum Gasteiger partial charge on any atom is -0.316 e. The van der Waals surface area contributed by atoms with Gasteiger partial charge in [-0.05, 0) is 24.6 Å². The third-order valence-corrected chi connectivity index (χ3v) is 2.45. The van der Waals surface area contributed by atoms with Crippen molar-refractivity contribution in [1.82, 2.24) is 8.85 Å². The Morgan fingerprint density at radius 2 is 1.77 bits per heavy atom. The molecule has 2 nitrogen and oxygen atoms in total. The highest BCUT2D eigenvalue weighted by Gasteiger charge is 1.93. The Kier molecular flexibility index (Phi) is 5.34. The van der Waals surface area contributed by atoms with E-state index < -0.39 is 0 Å². The van der Waals surface area contributed by atoms with Crippen LogP contribution in [0, 0.1) is 0 Å². The normalized spacial score (nSPS) is 10.3. The zero-order valence-electron chi connectivity index (χ0n) is 7.81. The van der Waals surface area contributed by atoms with Gasteiger partial charge < -0.3 is 5.32 Å². The van der Waals surface area contributed by atoms with E-state index in [4.69, 9.17) is 0 Å². The van der Waals surface area contributed by atoms with Crippen LogP contribution >= 0.6 is 22.9 Å². The van der Waals surface area contributed by atoms with Crippen LogP contribution in [-0.4, -0.2) is 13.6 Å². The van der Waals surface area contributed by atoms with E-state index in [0.29, 0.717) is 0 Å². The van der Waals surface area contributed by atoms with E-state index in [1.807, 2.05) is 7.05 Å². The van der Waals surface area contributed by atoms with Crippen molar-refractivity contribution >= 4 is 22.9 Å². The van der Waals surface area contributed by atoms with Gasteiger partial charge in [-0.25, -0.2) is 0 Å². The number of benzene rings is 1. The molecule has 1 aromatic carbocycles. The molecule has 0 amide bonds. The lowest BCUT2D eigenvalue weighted by Crippen LogP contribution is -2.06. The predicted octanol–water partition coefficient (Wildman–Crippen LogP) is 1.89. The zero-order valence-corrected chi connectivity index (χ0v) is 9.97. The summed E-state index contributed by atoms with van der Waals surface area (Å²) in [6, 6.07) is 8.75. The van der Waals surface area contributed by atoms with Gasteiger partial charge in [-0.3, -0.25) is 3.53 Å². The molecule has 13 heavy (non-hydrogen) atoms. The quantitative estimate of drug-likeness (QED) is 0.639. The molecule has 0 spiro atoms. The highest BCUT2D eigenvalue weighted by atomic mass is 127. The van der Waals surface area contributed by atoms with E-state index in [1.165, 1.54) is 11.1 Å². The van der Waals surface area contributed by atoms with Crippen LogP contribution in [0.2, 0.25) is 0 Å². The fourth-order valence-electron chi connectivity index (χ4n) is 1.22. The first-order valence-corrected chi connectivity index (χ1v) is 5.50. The van der Waals surface area contributed by atoms with Gasteiger partial charge in [0.15, 0.2) is 0 Å². The van der Waals surface area contributed by atoms with Crippen molar-refractivity contribution in [1.29, 1.82) is 0 Å². The van der Waals surface area contributed by atoms with Crippen LogP contribution in [-0.2, 0) is 13.0 Å². The molecule has 0 bridgehead atoms. The molecule has 0 saturated carbocycles. The van der Waals surface area contributed by atoms with E-state index in [1.54, 1.807) is 0 Å². The Balaban J connectivity index is 2.48. The molecule has 72 valence electrons. The molecular formula is C10H15IN2. The van der Waals surface area contributed by atoms with Gasteiger partial charge in [-0.1, -0.05) is 24.3 Å². The fraction of sp³-hybridized carbons (Fsp3) is 0.400. The number of halogens is 1. The molecule has 0 aliphatic heterocycles. The monoisotopic (exact) mass is 290 g/mol. The Morgan fingerprint density at radius 3 is 2.31 bits per heavy atom. The van der Waals surface area contributed by atoms with Crippen LogP contribution in [0.3, 0.4) is 0 Å². The lowest BCUT2D eigenvalue weighted by Gasteiger charge is -2.02. The molecule has 0 aromatic heterocycles. The van der Waals surface area contributed by atoms with Crippen molar-refractivity contribution < 1.29 is 0 Å². The number of hydrogen-bond donors (Lipinski definition) is 2. The van der Waals surface area contributed by atoms with Crippen LogP contribution < -0.4 is 8.85 Å². The molecule has 0 atom stereocenters. The molecule has 0 radical (unpaired) electrons. The Morgan fingerprint density at radius 1 is 1.15 bits per heavy atom. The van der Waals surface area contributed by atoms with E-state index in [-0.39, 0.29) is 0 Å². The second kappa shape index (κ2) is 6.34. The summed E-state index contributed by atoms with van der Waals surface area (Å²) >= 11 is 2.17. The van der Waals surface area contributed by atoms with E-state index in [2.05, 4.69) is 56.0 Å². The van der Waals surface area contributed by atoms with Crippen LogP contribution in [0.15, 0.2) is 24.3 Å². The Bertz CT molecular complexity index is 233. The smallest absolute Gasteiger partial charge is 0.0202 e. The number of nitrogens with one attached hydrogen (secondary N) is 2. The maximum atomic E-state index is 3.13. The Labute approximate surface area is 93.6 Å². The van der Waals surface area contributed by atoms with Crippen molar-refractivity contribution in [2.24, 2.45) is 0 Å². The second-order valence-electron chi connectivity index (χ2n) is 2.98. The SMILES string of the molecule is CNCc1ccc(CCNI)cc1. The first-order valence-electron chi connectivity index (χ1n) is 4.42. The summed E-state index contributed by atoms with van der Waals surface area (Å²) in [4.78, 5) is 0. The summed E-state index contributed by atoms with van der Waals surface area (Å²) < 4.78 is 3.11. The summed E-state index contributed by atoms with van der Waals surface area (Å²) in [6.45, 7) is 1.98. The molecule has 0 aliphatic carbocycles. The first kappa shape index (κ1) is 10.9. The van der Waals surface area contributed by atoms with Crippen molar-refractivity contribution in [2.45, 2.75) is 13.0 Å². The van der Waals surface area contributed by atoms with Gasteiger partial charge in [0.1, 0.15) is 0 Å². The minimum absolute atomic E-state index is 0.949. The lowest BCUT2D eigenvalue weighted by atomic mass is 10.1. The second-order valence-corrected chi connectivity index (χ2v) is 3.74. The van der Waals surface area contributed by atoms with Crippen LogP contribution in [0.5, 0.6) is 0 Å². The molecule has 1 rings (SSSR count). The van der Waals surface area contributed by atoms with Gasteiger partial charge in [0.25, 0.3) is 0 Å². The minimum atomic E-state index is 0.949. The van der Waals surface area contributed by atoms with Gasteiger partial charge in [-0.2, -0.15) is 0 Å². The number of hydrogen-bond acceptors (Lipinski definition) is 2. The maximum Gasteiger partial charge on any atom is 0.0202 e. The molecule has 0 aliphatic rings. The Hall–Kier alpha value is -0.130. The third kappa shape index (κ3) is 4.06. The van der Waals surface area contributed by atoms with Gasteiger partial charge in [0.2, 0.25) is 0 Å². The predicted molar refractivity (Wildman–Crippen MR) is 64.9 cm³/mol. The summed E-state index contributed by atoms with van der Waals surface area (Å²) in [5.41, 5.74) is 2.73. The summed E-state index contributed by atoms with van der Waals surface area (Å²) in [5.74, 6) is 0. The topological polar surface area (TPSA) is 24.1 Å². The summed E-state index contributed by atoms with van der Waals surface area (Å²) in [5, 5.41) is 3.13. The molecule has 0 heterocycles. The van der Waals surface area contributed by atoms with Gasteiger partial charge in [-0.15, -0.1) is 0 Å². The largest absolute Gasteiger partial charge is 0.316 e. The van der Waals surface area contributed by atoms with Crippen LogP contribution in [0.1, 0.15) is 11.1 Å². The van der Waals surface area contributed by atoms with Crippen LogP contribution in [0.25, 0.3) is 0 Å². The molecule has 0 unspecified atom stereocenters. The summed E-state index contributed by atoms with van der Waals surface area (Å²) in [7, 11) is 1.97. The molecule has 3 heteroatoms. The van der Waals surface area contributed by atoms with Crippen molar-refractivity contribution in [2.75, 3.05) is 13.6 Å². The van der Waals surface area contributed by atoms with Gasteiger partial charge in [0.05, 0.1) is 0 Å². The van der Waals surface area contributed by atoms with E-state index >= 15 is 0 Å². The highest BCUT2D eigenvalue weighted by Crippen LogP contribution is 2.04. The molecule has 2 N–H and O–H groups in total. The van der Waals surface area contributed by atoms with Crippen molar-refractivity contribution in [3.05, 3.63) is 35.4 Å². The molecule has 0 fully saturated rings. The van der Waals surface area contributed by atoms with Gasteiger partial charge >= 0.3 is 0 Å². The van der Waals surface area contributed by atoms with Crippen LogP contribution in [0.4, 0.5) is 0 Å². The zero-order chi connectivity index (χ0) is 9.52. The average molecular weight is 290 g/mol. The van der Waals surface area contributed by atoms with E-state index in [0.717, 1.165) is 19.5 Å². The third-order valence-electron chi connectivity index (χ3n) is 1.91. The van der Waals surface area contributed by atoms with E-state index in [9.17, 15) is 0 Å². The summed E-state index contributed by atoms with van der Waals surface area (Å²) in [6.07, 6.45) is 1.10. The molecule has 1 aromatic rings. The molecule has 0 saturated heterocycles. The highest BCUT2D eigenvalue weighted by molar-refractivity contribution is 14.1. The maximum absolute atomic E-state index is 3.13. The van der Waals surface area contributed by atoms with Crippen molar-refractivity contribution in [3.63, 3.8) is 0 Å².